The molecule has 0 bridgehead atoms. The molecule has 2 aliphatic rings. The minimum absolute atomic E-state index is 0.0803. The molecule has 1 N–H and O–H groups in total. The maximum absolute atomic E-state index is 12.4. The van der Waals surface area contributed by atoms with Crippen LogP contribution in [0.2, 0.25) is 0 Å². The van der Waals surface area contributed by atoms with Crippen LogP contribution in [-0.2, 0) is 4.79 Å². The van der Waals surface area contributed by atoms with E-state index >= 15 is 0 Å². The van der Waals surface area contributed by atoms with Crippen molar-refractivity contribution in [1.82, 2.24) is 10.2 Å². The highest BCUT2D eigenvalue weighted by molar-refractivity contribution is 5.84. The van der Waals surface area contributed by atoms with Crippen LogP contribution in [0.1, 0.15) is 71.6 Å². The molecule has 1 saturated heterocycles. The van der Waals surface area contributed by atoms with Gasteiger partial charge in [0.05, 0.1) is 12.2 Å². The van der Waals surface area contributed by atoms with Crippen molar-refractivity contribution in [2.24, 2.45) is 5.92 Å². The molecule has 0 aromatic rings. The fourth-order valence-electron chi connectivity index (χ4n) is 3.62. The molecule has 1 aliphatic heterocycles. The summed E-state index contributed by atoms with van der Waals surface area (Å²) < 4.78 is 0. The van der Waals surface area contributed by atoms with Crippen molar-refractivity contribution in [3.63, 3.8) is 0 Å². The van der Waals surface area contributed by atoms with Crippen LogP contribution in [0.4, 0.5) is 0 Å². The largest absolute Gasteiger partial charge is 0.326 e. The number of hydrogen-bond acceptors (Lipinski definition) is 2. The Kier molecular flexibility index (Phi) is 5.68. The van der Waals surface area contributed by atoms with Crippen molar-refractivity contribution >= 4 is 5.91 Å². The zero-order chi connectivity index (χ0) is 13.7. The second-order valence-electron chi connectivity index (χ2n) is 6.21. The molecule has 0 aromatic carbocycles. The van der Waals surface area contributed by atoms with E-state index in [4.69, 9.17) is 0 Å². The molecule has 2 atom stereocenters. The molecular weight excluding hydrogens is 236 g/mol. The average molecular weight is 266 g/mol. The molecule has 2 rings (SSSR count). The molecular formula is C16H30N2O. The summed E-state index contributed by atoms with van der Waals surface area (Å²) in [5.41, 5.74) is 0. The van der Waals surface area contributed by atoms with E-state index in [0.29, 0.717) is 18.0 Å². The molecule has 2 fully saturated rings. The van der Waals surface area contributed by atoms with Gasteiger partial charge in [-0.05, 0) is 31.6 Å². The number of rotatable bonds is 7. The van der Waals surface area contributed by atoms with Crippen LogP contribution in [0.5, 0.6) is 0 Å². The van der Waals surface area contributed by atoms with Gasteiger partial charge in [0.25, 0.3) is 0 Å². The number of hydrogen-bond donors (Lipinski definition) is 1. The summed E-state index contributed by atoms with van der Waals surface area (Å²) in [5, 5.41) is 3.60. The Morgan fingerprint density at radius 3 is 2.53 bits per heavy atom. The molecule has 1 aliphatic carbocycles. The number of carbonyl (C=O) groups is 1. The van der Waals surface area contributed by atoms with Crippen LogP contribution in [-0.4, -0.2) is 29.6 Å². The number of carbonyl (C=O) groups excluding carboxylic acids is 1. The zero-order valence-electron chi connectivity index (χ0n) is 12.7. The first-order chi connectivity index (χ1) is 9.27. The van der Waals surface area contributed by atoms with E-state index in [1.807, 2.05) is 0 Å². The smallest absolute Gasteiger partial charge is 0.241 e. The minimum Gasteiger partial charge on any atom is -0.326 e. The Morgan fingerprint density at radius 1 is 1.16 bits per heavy atom. The molecule has 1 amide bonds. The summed E-state index contributed by atoms with van der Waals surface area (Å²) in [4.78, 5) is 14.6. The van der Waals surface area contributed by atoms with Gasteiger partial charge in [-0.15, -0.1) is 0 Å². The maximum Gasteiger partial charge on any atom is 0.241 e. The minimum atomic E-state index is 0.0803. The van der Waals surface area contributed by atoms with Crippen LogP contribution in [0.15, 0.2) is 0 Å². The lowest BCUT2D eigenvalue weighted by Gasteiger charge is -2.29. The van der Waals surface area contributed by atoms with Crippen molar-refractivity contribution in [2.75, 3.05) is 6.54 Å². The van der Waals surface area contributed by atoms with E-state index < -0.39 is 0 Å². The van der Waals surface area contributed by atoms with Gasteiger partial charge in [0, 0.05) is 6.54 Å². The maximum atomic E-state index is 12.4. The summed E-state index contributed by atoms with van der Waals surface area (Å²) in [6.45, 7) is 5.31. The molecule has 3 nitrogen and oxygen atoms in total. The van der Waals surface area contributed by atoms with Gasteiger partial charge >= 0.3 is 0 Å². The average Bonchev–Trinajstić information content (AvgIpc) is 3.03. The SMILES string of the molecule is CCCCCCN1C(=O)C(CC)NC1C1CCCC1. The van der Waals surface area contributed by atoms with Crippen LogP contribution in [0.25, 0.3) is 0 Å². The number of unbranched alkanes of at least 4 members (excludes halogenated alkanes) is 3. The Bertz CT molecular complexity index is 286. The lowest BCUT2D eigenvalue weighted by atomic mass is 10.0. The summed E-state index contributed by atoms with van der Waals surface area (Å²) in [5.74, 6) is 1.06. The molecule has 0 radical (unpaired) electrons. The highest BCUT2D eigenvalue weighted by Crippen LogP contribution is 2.32. The number of nitrogens with one attached hydrogen (secondary N) is 1. The molecule has 0 spiro atoms. The fourth-order valence-corrected chi connectivity index (χ4v) is 3.62. The third kappa shape index (κ3) is 3.50. The molecule has 1 saturated carbocycles. The van der Waals surface area contributed by atoms with Gasteiger partial charge in [0.1, 0.15) is 0 Å². The third-order valence-electron chi connectivity index (χ3n) is 4.80. The Balaban J connectivity index is 1.91. The highest BCUT2D eigenvalue weighted by atomic mass is 16.2. The predicted octanol–water partition coefficient (Wildman–Crippen LogP) is 3.29. The Hall–Kier alpha value is -0.570. The van der Waals surface area contributed by atoms with Crippen molar-refractivity contribution in [3.05, 3.63) is 0 Å². The van der Waals surface area contributed by atoms with Gasteiger partial charge in [-0.3, -0.25) is 10.1 Å². The van der Waals surface area contributed by atoms with Crippen LogP contribution in [0, 0.1) is 5.92 Å². The van der Waals surface area contributed by atoms with E-state index in [0.717, 1.165) is 13.0 Å². The van der Waals surface area contributed by atoms with Crippen LogP contribution < -0.4 is 5.32 Å². The first-order valence-corrected chi connectivity index (χ1v) is 8.34. The molecule has 3 heteroatoms. The van der Waals surface area contributed by atoms with Crippen molar-refractivity contribution in [2.45, 2.75) is 83.8 Å². The van der Waals surface area contributed by atoms with E-state index in [2.05, 4.69) is 24.1 Å². The highest BCUT2D eigenvalue weighted by Gasteiger charge is 2.41. The van der Waals surface area contributed by atoms with E-state index in [1.165, 1.54) is 51.4 Å². The van der Waals surface area contributed by atoms with Gasteiger partial charge in [0.2, 0.25) is 5.91 Å². The molecule has 19 heavy (non-hydrogen) atoms. The lowest BCUT2D eigenvalue weighted by molar-refractivity contribution is -0.130. The number of nitrogens with zero attached hydrogens (tertiary/aromatic N) is 1. The monoisotopic (exact) mass is 266 g/mol. The topological polar surface area (TPSA) is 32.3 Å². The normalized spacial score (nSPS) is 28.5. The first-order valence-electron chi connectivity index (χ1n) is 8.34. The summed E-state index contributed by atoms with van der Waals surface area (Å²) in [7, 11) is 0. The van der Waals surface area contributed by atoms with Gasteiger partial charge < -0.3 is 4.90 Å². The van der Waals surface area contributed by atoms with Crippen molar-refractivity contribution in [3.8, 4) is 0 Å². The Labute approximate surface area is 118 Å². The van der Waals surface area contributed by atoms with Crippen molar-refractivity contribution in [1.29, 1.82) is 0 Å². The van der Waals surface area contributed by atoms with Crippen LogP contribution >= 0.6 is 0 Å². The summed E-state index contributed by atoms with van der Waals surface area (Å²) in [6.07, 6.45) is 11.5. The van der Waals surface area contributed by atoms with Crippen molar-refractivity contribution < 1.29 is 4.79 Å². The molecule has 110 valence electrons. The van der Waals surface area contributed by atoms with E-state index in [-0.39, 0.29) is 6.04 Å². The predicted molar refractivity (Wildman–Crippen MR) is 78.8 cm³/mol. The van der Waals surface area contributed by atoms with E-state index in [9.17, 15) is 4.79 Å². The lowest BCUT2D eigenvalue weighted by Crippen LogP contribution is -2.43. The Morgan fingerprint density at radius 2 is 1.89 bits per heavy atom. The third-order valence-corrected chi connectivity index (χ3v) is 4.80. The summed E-state index contributed by atoms with van der Waals surface area (Å²) >= 11 is 0. The number of amides is 1. The van der Waals surface area contributed by atoms with Gasteiger partial charge in [-0.1, -0.05) is 46.0 Å². The standard InChI is InChI=1S/C16H30N2O/c1-3-5-6-9-12-18-15(13-10-7-8-11-13)17-14(4-2)16(18)19/h13-15,17H,3-12H2,1-2H3. The van der Waals surface area contributed by atoms with Gasteiger partial charge in [-0.25, -0.2) is 0 Å². The molecule has 2 unspecified atom stereocenters. The first kappa shape index (κ1) is 14.8. The molecule has 0 aromatic heterocycles. The fraction of sp³-hybridized carbons (Fsp3) is 0.938. The van der Waals surface area contributed by atoms with E-state index in [1.54, 1.807) is 0 Å². The second-order valence-corrected chi connectivity index (χ2v) is 6.21. The van der Waals surface area contributed by atoms with Gasteiger partial charge in [0.15, 0.2) is 0 Å². The quantitative estimate of drug-likeness (QED) is 0.717. The van der Waals surface area contributed by atoms with Gasteiger partial charge in [-0.2, -0.15) is 0 Å². The van der Waals surface area contributed by atoms with Crippen LogP contribution in [0.3, 0.4) is 0 Å². The summed E-state index contributed by atoms with van der Waals surface area (Å²) in [6, 6.07) is 0.0803. The zero-order valence-corrected chi connectivity index (χ0v) is 12.7. The molecule has 1 heterocycles. The second kappa shape index (κ2) is 7.28.